The summed E-state index contributed by atoms with van der Waals surface area (Å²) < 4.78 is 0. The third-order valence-corrected chi connectivity index (χ3v) is 2.08. The van der Waals surface area contributed by atoms with Gasteiger partial charge in [-0.15, -0.1) is 6.58 Å². The van der Waals surface area contributed by atoms with Crippen molar-refractivity contribution in [3.05, 3.63) is 42.5 Å². The fourth-order valence-corrected chi connectivity index (χ4v) is 1.33. The lowest BCUT2D eigenvalue weighted by molar-refractivity contribution is -0.114. The fourth-order valence-electron chi connectivity index (χ4n) is 1.33. The molecule has 1 rings (SSSR count). The van der Waals surface area contributed by atoms with E-state index in [2.05, 4.69) is 17.2 Å². The molecule has 0 atom stereocenters. The summed E-state index contributed by atoms with van der Waals surface area (Å²) in [4.78, 5) is 22.6. The van der Waals surface area contributed by atoms with Gasteiger partial charge in [-0.1, -0.05) is 12.1 Å². The van der Waals surface area contributed by atoms with E-state index in [4.69, 9.17) is 0 Å². The van der Waals surface area contributed by atoms with Crippen molar-refractivity contribution in [2.75, 3.05) is 11.9 Å². The zero-order valence-corrected chi connectivity index (χ0v) is 9.82. The molecule has 90 valence electrons. The van der Waals surface area contributed by atoms with Gasteiger partial charge in [-0.3, -0.25) is 9.59 Å². The standard InChI is InChI=1S/C13H16N2O2/c1-3-4-8-14-13(17)11-6-5-7-12(9-11)15-10(2)16/h3,5-7,9H,1,4,8H2,2H3,(H,14,17)(H,15,16). The van der Waals surface area contributed by atoms with Crippen LogP contribution in [0, 0.1) is 0 Å². The van der Waals surface area contributed by atoms with Crippen LogP contribution in [0.4, 0.5) is 5.69 Å². The van der Waals surface area contributed by atoms with Crippen LogP contribution in [-0.2, 0) is 4.79 Å². The molecule has 2 amide bonds. The topological polar surface area (TPSA) is 58.2 Å². The third-order valence-electron chi connectivity index (χ3n) is 2.08. The number of anilines is 1. The highest BCUT2D eigenvalue weighted by molar-refractivity contribution is 5.96. The van der Waals surface area contributed by atoms with E-state index in [-0.39, 0.29) is 11.8 Å². The van der Waals surface area contributed by atoms with Crippen molar-refractivity contribution in [2.45, 2.75) is 13.3 Å². The smallest absolute Gasteiger partial charge is 0.251 e. The molecule has 0 radical (unpaired) electrons. The fraction of sp³-hybridized carbons (Fsp3) is 0.231. The average Bonchev–Trinajstić information content (AvgIpc) is 2.28. The molecule has 0 heterocycles. The van der Waals surface area contributed by atoms with Crippen molar-refractivity contribution in [3.63, 3.8) is 0 Å². The molecule has 4 heteroatoms. The monoisotopic (exact) mass is 232 g/mol. The van der Waals surface area contributed by atoms with Gasteiger partial charge in [-0.2, -0.15) is 0 Å². The largest absolute Gasteiger partial charge is 0.352 e. The number of nitrogens with one attached hydrogen (secondary N) is 2. The van der Waals surface area contributed by atoms with E-state index >= 15 is 0 Å². The van der Waals surface area contributed by atoms with Crippen LogP contribution >= 0.6 is 0 Å². The Morgan fingerprint density at radius 2 is 2.18 bits per heavy atom. The number of carbonyl (C=O) groups is 2. The molecule has 0 saturated heterocycles. The molecule has 0 unspecified atom stereocenters. The van der Waals surface area contributed by atoms with Crippen molar-refractivity contribution >= 4 is 17.5 Å². The van der Waals surface area contributed by atoms with E-state index in [1.54, 1.807) is 30.3 Å². The lowest BCUT2D eigenvalue weighted by Gasteiger charge is -2.06. The van der Waals surface area contributed by atoms with Crippen LogP contribution in [0.5, 0.6) is 0 Å². The maximum atomic E-state index is 11.7. The molecule has 0 saturated carbocycles. The van der Waals surface area contributed by atoms with Gasteiger partial charge in [0.25, 0.3) is 5.91 Å². The number of hydrogen-bond acceptors (Lipinski definition) is 2. The Hall–Kier alpha value is -2.10. The molecular weight excluding hydrogens is 216 g/mol. The molecule has 0 aliphatic heterocycles. The van der Waals surface area contributed by atoms with E-state index in [0.29, 0.717) is 17.8 Å². The van der Waals surface area contributed by atoms with Crippen molar-refractivity contribution in [3.8, 4) is 0 Å². The highest BCUT2D eigenvalue weighted by Gasteiger charge is 2.05. The number of carbonyl (C=O) groups excluding carboxylic acids is 2. The molecular formula is C13H16N2O2. The SMILES string of the molecule is C=CCCNC(=O)c1cccc(NC(C)=O)c1. The minimum absolute atomic E-state index is 0.154. The van der Waals surface area contributed by atoms with Gasteiger partial charge in [0.1, 0.15) is 0 Å². The van der Waals surface area contributed by atoms with Crippen LogP contribution < -0.4 is 10.6 Å². The first kappa shape index (κ1) is 13.0. The van der Waals surface area contributed by atoms with Crippen molar-refractivity contribution in [1.82, 2.24) is 5.32 Å². The molecule has 4 nitrogen and oxygen atoms in total. The van der Waals surface area contributed by atoms with Crippen molar-refractivity contribution < 1.29 is 9.59 Å². The summed E-state index contributed by atoms with van der Waals surface area (Å²) in [6.45, 7) is 5.57. The van der Waals surface area contributed by atoms with Gasteiger partial charge in [-0.25, -0.2) is 0 Å². The second-order valence-corrected chi connectivity index (χ2v) is 3.60. The number of rotatable bonds is 5. The predicted molar refractivity (Wildman–Crippen MR) is 67.9 cm³/mol. The molecule has 1 aromatic rings. The maximum absolute atomic E-state index is 11.7. The van der Waals surface area contributed by atoms with E-state index < -0.39 is 0 Å². The Balaban J connectivity index is 2.66. The zero-order chi connectivity index (χ0) is 12.7. The third kappa shape index (κ3) is 4.51. The average molecular weight is 232 g/mol. The van der Waals surface area contributed by atoms with Gasteiger partial charge in [0.05, 0.1) is 0 Å². The van der Waals surface area contributed by atoms with E-state index in [1.807, 2.05) is 0 Å². The summed E-state index contributed by atoms with van der Waals surface area (Å²) >= 11 is 0. The summed E-state index contributed by atoms with van der Waals surface area (Å²) in [5, 5.41) is 5.39. The molecule has 0 aromatic heterocycles. The van der Waals surface area contributed by atoms with Gasteiger partial charge in [0.2, 0.25) is 5.91 Å². The van der Waals surface area contributed by atoms with Crippen LogP contribution in [0.3, 0.4) is 0 Å². The number of benzene rings is 1. The Morgan fingerprint density at radius 1 is 1.41 bits per heavy atom. The summed E-state index contributed by atoms with van der Waals surface area (Å²) in [7, 11) is 0. The Morgan fingerprint density at radius 3 is 2.82 bits per heavy atom. The second kappa shape index (κ2) is 6.48. The maximum Gasteiger partial charge on any atom is 0.251 e. The lowest BCUT2D eigenvalue weighted by Crippen LogP contribution is -2.24. The normalized spacial score (nSPS) is 9.47. The Kier molecular flexibility index (Phi) is 4.94. The molecule has 0 bridgehead atoms. The van der Waals surface area contributed by atoms with Crippen molar-refractivity contribution in [1.29, 1.82) is 0 Å². The number of hydrogen-bond donors (Lipinski definition) is 2. The van der Waals surface area contributed by atoms with E-state index in [0.717, 1.165) is 6.42 Å². The van der Waals surface area contributed by atoms with Crippen molar-refractivity contribution in [2.24, 2.45) is 0 Å². The highest BCUT2D eigenvalue weighted by atomic mass is 16.2. The summed E-state index contributed by atoms with van der Waals surface area (Å²) in [6, 6.07) is 6.81. The highest BCUT2D eigenvalue weighted by Crippen LogP contribution is 2.10. The molecule has 1 aromatic carbocycles. The molecule has 17 heavy (non-hydrogen) atoms. The molecule has 0 fully saturated rings. The van der Waals surface area contributed by atoms with Crippen LogP contribution in [0.1, 0.15) is 23.7 Å². The minimum Gasteiger partial charge on any atom is -0.352 e. The number of amides is 2. The van der Waals surface area contributed by atoms with Gasteiger partial charge >= 0.3 is 0 Å². The first-order chi connectivity index (χ1) is 8.13. The van der Waals surface area contributed by atoms with Gasteiger partial charge in [0, 0.05) is 24.7 Å². The van der Waals surface area contributed by atoms with Crippen LogP contribution in [0.15, 0.2) is 36.9 Å². The van der Waals surface area contributed by atoms with E-state index in [1.165, 1.54) is 6.92 Å². The molecule has 0 aliphatic rings. The quantitative estimate of drug-likeness (QED) is 0.602. The Bertz CT molecular complexity index is 427. The van der Waals surface area contributed by atoms with Crippen LogP contribution in [-0.4, -0.2) is 18.4 Å². The molecule has 0 aliphatic carbocycles. The van der Waals surface area contributed by atoms with Crippen LogP contribution in [0.25, 0.3) is 0 Å². The molecule has 2 N–H and O–H groups in total. The lowest BCUT2D eigenvalue weighted by atomic mass is 10.2. The zero-order valence-electron chi connectivity index (χ0n) is 9.82. The van der Waals surface area contributed by atoms with E-state index in [9.17, 15) is 9.59 Å². The van der Waals surface area contributed by atoms with Gasteiger partial charge < -0.3 is 10.6 Å². The first-order valence-electron chi connectivity index (χ1n) is 5.40. The first-order valence-corrected chi connectivity index (χ1v) is 5.40. The van der Waals surface area contributed by atoms with Crippen LogP contribution in [0.2, 0.25) is 0 Å². The Labute approximate surface area is 101 Å². The van der Waals surface area contributed by atoms with Gasteiger partial charge in [0.15, 0.2) is 0 Å². The second-order valence-electron chi connectivity index (χ2n) is 3.60. The summed E-state index contributed by atoms with van der Waals surface area (Å²) in [5.74, 6) is -0.312. The predicted octanol–water partition coefficient (Wildman–Crippen LogP) is 1.95. The molecule has 0 spiro atoms. The van der Waals surface area contributed by atoms with Gasteiger partial charge in [-0.05, 0) is 24.6 Å². The summed E-state index contributed by atoms with van der Waals surface area (Å²) in [6.07, 6.45) is 2.48. The summed E-state index contributed by atoms with van der Waals surface area (Å²) in [5.41, 5.74) is 1.15. The minimum atomic E-state index is -0.158.